The van der Waals surface area contributed by atoms with E-state index in [1.807, 2.05) is 29.8 Å². The van der Waals surface area contributed by atoms with Gasteiger partial charge in [0.2, 0.25) is 0 Å². The lowest BCUT2D eigenvalue weighted by Gasteiger charge is -2.17. The van der Waals surface area contributed by atoms with Gasteiger partial charge in [-0.25, -0.2) is 0 Å². The lowest BCUT2D eigenvalue weighted by molar-refractivity contribution is -0.137. The zero-order valence-corrected chi connectivity index (χ0v) is 12.1. The molecule has 1 heterocycles. The number of hydrogen-bond donors (Lipinski definition) is 1. The van der Waals surface area contributed by atoms with Crippen LogP contribution < -0.4 is 5.32 Å². The van der Waals surface area contributed by atoms with E-state index in [4.69, 9.17) is 5.26 Å². The number of nitrogens with zero attached hydrogens (tertiary/aromatic N) is 1. The second-order valence-electron chi connectivity index (χ2n) is 4.75. The largest absolute Gasteiger partial charge is 0.416 e. The fourth-order valence-electron chi connectivity index (χ4n) is 2.02. The molecule has 2 nitrogen and oxygen atoms in total. The normalized spacial score (nSPS) is 12.7. The molecule has 0 aliphatic rings. The first-order chi connectivity index (χ1) is 9.90. The minimum absolute atomic E-state index is 0.00185. The maximum atomic E-state index is 12.6. The van der Waals surface area contributed by atoms with Crippen LogP contribution in [0.15, 0.2) is 35.0 Å². The average Bonchev–Trinajstić information content (AvgIpc) is 2.90. The molecule has 2 rings (SSSR count). The Kier molecular flexibility index (Phi) is 4.53. The van der Waals surface area contributed by atoms with Gasteiger partial charge in [-0.3, -0.25) is 0 Å². The van der Waals surface area contributed by atoms with Gasteiger partial charge in [-0.2, -0.15) is 29.8 Å². The van der Waals surface area contributed by atoms with Crippen molar-refractivity contribution in [1.29, 1.82) is 5.26 Å². The van der Waals surface area contributed by atoms with E-state index in [9.17, 15) is 13.2 Å². The van der Waals surface area contributed by atoms with Crippen LogP contribution in [0, 0.1) is 11.3 Å². The molecular weight excluding hydrogens is 297 g/mol. The molecule has 2 aromatic rings. The first kappa shape index (κ1) is 15.4. The standard InChI is InChI=1S/C15H13F3N2S/c1-10(6-11-4-5-21-9-11)20-14-3-2-13(15(16,17)18)7-12(14)8-19/h2-5,7,9-10,20H,6H2,1H3. The van der Waals surface area contributed by atoms with Crippen molar-refractivity contribution in [2.24, 2.45) is 0 Å². The molecule has 0 amide bonds. The Morgan fingerprint density at radius 2 is 2.10 bits per heavy atom. The summed E-state index contributed by atoms with van der Waals surface area (Å²) in [5.74, 6) is 0. The molecule has 1 aromatic carbocycles. The van der Waals surface area contributed by atoms with Gasteiger partial charge >= 0.3 is 6.18 Å². The van der Waals surface area contributed by atoms with Crippen molar-refractivity contribution in [2.75, 3.05) is 5.32 Å². The number of hydrogen-bond acceptors (Lipinski definition) is 3. The Balaban J connectivity index is 2.15. The molecular formula is C15H13F3N2S. The number of halogens is 3. The minimum Gasteiger partial charge on any atom is -0.381 e. The summed E-state index contributed by atoms with van der Waals surface area (Å²) >= 11 is 1.60. The third-order valence-corrected chi connectivity index (χ3v) is 3.72. The maximum Gasteiger partial charge on any atom is 0.416 e. The third kappa shape index (κ3) is 3.99. The number of thiophene rings is 1. The summed E-state index contributed by atoms with van der Waals surface area (Å²) in [5.41, 5.74) is 0.774. The van der Waals surface area contributed by atoms with Crippen molar-refractivity contribution in [3.8, 4) is 6.07 Å². The monoisotopic (exact) mass is 310 g/mol. The smallest absolute Gasteiger partial charge is 0.381 e. The summed E-state index contributed by atoms with van der Waals surface area (Å²) < 4.78 is 37.9. The van der Waals surface area contributed by atoms with Crippen LogP contribution in [0.25, 0.3) is 0 Å². The summed E-state index contributed by atoms with van der Waals surface area (Å²) in [7, 11) is 0. The SMILES string of the molecule is CC(Cc1ccsc1)Nc1ccc(C(F)(F)F)cc1C#N. The van der Waals surface area contributed by atoms with Crippen LogP contribution >= 0.6 is 11.3 Å². The lowest BCUT2D eigenvalue weighted by Crippen LogP contribution is -2.18. The summed E-state index contributed by atoms with van der Waals surface area (Å²) in [5, 5.41) is 16.1. The quantitative estimate of drug-likeness (QED) is 0.890. The Bertz CT molecular complexity index is 642. The highest BCUT2D eigenvalue weighted by Gasteiger charge is 2.31. The van der Waals surface area contributed by atoms with E-state index >= 15 is 0 Å². The molecule has 0 spiro atoms. The summed E-state index contributed by atoms with van der Waals surface area (Å²) in [6.07, 6.45) is -3.69. The van der Waals surface area contributed by atoms with Crippen LogP contribution in [0.4, 0.5) is 18.9 Å². The Morgan fingerprint density at radius 3 is 2.67 bits per heavy atom. The average molecular weight is 310 g/mol. The maximum absolute atomic E-state index is 12.6. The predicted molar refractivity (Wildman–Crippen MR) is 77.3 cm³/mol. The van der Waals surface area contributed by atoms with Crippen LogP contribution in [0.5, 0.6) is 0 Å². The Hall–Kier alpha value is -2.00. The fourth-order valence-corrected chi connectivity index (χ4v) is 2.70. The number of nitriles is 1. The molecule has 110 valence electrons. The van der Waals surface area contributed by atoms with E-state index in [0.29, 0.717) is 5.69 Å². The molecule has 1 atom stereocenters. The summed E-state index contributed by atoms with van der Waals surface area (Å²) in [6.45, 7) is 1.93. The van der Waals surface area contributed by atoms with Crippen molar-refractivity contribution >= 4 is 17.0 Å². The van der Waals surface area contributed by atoms with Crippen molar-refractivity contribution in [1.82, 2.24) is 0 Å². The van der Waals surface area contributed by atoms with Crippen LogP contribution in [-0.4, -0.2) is 6.04 Å². The Morgan fingerprint density at radius 1 is 1.33 bits per heavy atom. The van der Waals surface area contributed by atoms with Crippen molar-refractivity contribution in [3.63, 3.8) is 0 Å². The third-order valence-electron chi connectivity index (χ3n) is 2.99. The predicted octanol–water partition coefficient (Wildman–Crippen LogP) is 4.68. The molecule has 0 saturated carbocycles. The molecule has 0 aliphatic carbocycles. The summed E-state index contributed by atoms with van der Waals surface area (Å²) in [6, 6.07) is 7.00. The van der Waals surface area contributed by atoms with Crippen molar-refractivity contribution < 1.29 is 13.2 Å². The zero-order chi connectivity index (χ0) is 15.5. The highest BCUT2D eigenvalue weighted by atomic mass is 32.1. The second kappa shape index (κ2) is 6.19. The highest BCUT2D eigenvalue weighted by molar-refractivity contribution is 7.07. The lowest BCUT2D eigenvalue weighted by atomic mass is 10.1. The van der Waals surface area contributed by atoms with E-state index in [1.165, 1.54) is 6.07 Å². The van der Waals surface area contributed by atoms with Gasteiger partial charge in [-0.05, 0) is 53.9 Å². The van der Waals surface area contributed by atoms with Gasteiger partial charge in [0, 0.05) is 6.04 Å². The first-order valence-electron chi connectivity index (χ1n) is 6.29. The van der Waals surface area contributed by atoms with Gasteiger partial charge in [0.1, 0.15) is 6.07 Å². The van der Waals surface area contributed by atoms with E-state index in [0.717, 1.165) is 24.1 Å². The molecule has 1 N–H and O–H groups in total. The van der Waals surface area contributed by atoms with Crippen LogP contribution in [0.3, 0.4) is 0 Å². The minimum atomic E-state index is -4.44. The van der Waals surface area contributed by atoms with Crippen molar-refractivity contribution in [3.05, 3.63) is 51.7 Å². The van der Waals surface area contributed by atoms with Gasteiger partial charge in [0.15, 0.2) is 0 Å². The molecule has 0 saturated heterocycles. The van der Waals surface area contributed by atoms with Crippen LogP contribution in [0.1, 0.15) is 23.6 Å². The van der Waals surface area contributed by atoms with Gasteiger partial charge < -0.3 is 5.32 Å². The molecule has 0 fully saturated rings. The zero-order valence-electron chi connectivity index (χ0n) is 11.2. The molecule has 0 radical (unpaired) electrons. The van der Waals surface area contributed by atoms with Crippen LogP contribution in [-0.2, 0) is 12.6 Å². The van der Waals surface area contributed by atoms with Crippen molar-refractivity contribution in [2.45, 2.75) is 25.6 Å². The highest BCUT2D eigenvalue weighted by Crippen LogP contribution is 2.31. The Labute approximate surface area is 124 Å². The van der Waals surface area contributed by atoms with E-state index in [1.54, 1.807) is 11.3 Å². The van der Waals surface area contributed by atoms with Crippen LogP contribution in [0.2, 0.25) is 0 Å². The van der Waals surface area contributed by atoms with Gasteiger partial charge in [0.05, 0.1) is 16.8 Å². The number of rotatable bonds is 4. The molecule has 0 aliphatic heterocycles. The van der Waals surface area contributed by atoms with E-state index in [2.05, 4.69) is 5.32 Å². The van der Waals surface area contributed by atoms with E-state index < -0.39 is 11.7 Å². The number of anilines is 1. The molecule has 1 aromatic heterocycles. The number of nitrogens with one attached hydrogen (secondary N) is 1. The van der Waals surface area contributed by atoms with E-state index in [-0.39, 0.29) is 11.6 Å². The first-order valence-corrected chi connectivity index (χ1v) is 7.23. The van der Waals surface area contributed by atoms with Gasteiger partial charge in [0.25, 0.3) is 0 Å². The van der Waals surface area contributed by atoms with Gasteiger partial charge in [-0.15, -0.1) is 0 Å². The summed E-state index contributed by atoms with van der Waals surface area (Å²) in [4.78, 5) is 0. The number of benzene rings is 1. The van der Waals surface area contributed by atoms with Gasteiger partial charge in [-0.1, -0.05) is 0 Å². The molecule has 1 unspecified atom stereocenters. The molecule has 21 heavy (non-hydrogen) atoms. The second-order valence-corrected chi connectivity index (χ2v) is 5.53. The topological polar surface area (TPSA) is 35.8 Å². The molecule has 0 bridgehead atoms. The molecule has 6 heteroatoms. The fraction of sp³-hybridized carbons (Fsp3) is 0.267. The number of alkyl halides is 3.